The van der Waals surface area contributed by atoms with Crippen LogP contribution in [0.4, 0.5) is 8.78 Å². The van der Waals surface area contributed by atoms with E-state index < -0.39 is 21.7 Å². The number of halogens is 2. The van der Waals surface area contributed by atoms with E-state index in [0.717, 1.165) is 18.2 Å². The third-order valence-electron chi connectivity index (χ3n) is 2.47. The predicted molar refractivity (Wildman–Crippen MR) is 65.7 cm³/mol. The molecule has 6 heteroatoms. The summed E-state index contributed by atoms with van der Waals surface area (Å²) in [7, 11) is -3.74. The van der Waals surface area contributed by atoms with Crippen molar-refractivity contribution in [2.24, 2.45) is 0 Å². The van der Waals surface area contributed by atoms with E-state index in [1.54, 1.807) is 0 Å². The molecule has 0 aliphatic carbocycles. The van der Waals surface area contributed by atoms with Crippen molar-refractivity contribution in [1.29, 1.82) is 0 Å². The van der Waals surface area contributed by atoms with E-state index in [2.05, 4.69) is 0 Å². The highest BCUT2D eigenvalue weighted by Crippen LogP contribution is 2.19. The molecule has 0 bridgehead atoms. The quantitative estimate of drug-likeness (QED) is 0.802. The minimum Gasteiger partial charge on any atom is -0.207 e. The Morgan fingerprint density at radius 1 is 1.06 bits per heavy atom. The summed E-state index contributed by atoms with van der Waals surface area (Å²) in [6.07, 6.45) is 1.34. The van der Waals surface area contributed by atoms with Gasteiger partial charge in [0.2, 0.25) is 10.0 Å². The van der Waals surface area contributed by atoms with Crippen molar-refractivity contribution in [2.45, 2.75) is 31.6 Å². The van der Waals surface area contributed by atoms with Gasteiger partial charge in [0.05, 0.1) is 4.90 Å². The highest BCUT2D eigenvalue weighted by Gasteiger charge is 2.24. The molecule has 0 heterocycles. The van der Waals surface area contributed by atoms with E-state index in [1.807, 2.05) is 13.8 Å². The van der Waals surface area contributed by atoms with E-state index in [1.165, 1.54) is 4.31 Å². The Morgan fingerprint density at radius 2 is 1.61 bits per heavy atom. The zero-order valence-electron chi connectivity index (χ0n) is 10.5. The second-order valence-electron chi connectivity index (χ2n) is 3.98. The Morgan fingerprint density at radius 3 is 2.06 bits per heavy atom. The summed E-state index contributed by atoms with van der Waals surface area (Å²) in [6.45, 7) is 4.47. The summed E-state index contributed by atoms with van der Waals surface area (Å²) in [4.78, 5) is -0.205. The molecule has 0 aliphatic rings. The van der Waals surface area contributed by atoms with E-state index in [-0.39, 0.29) is 4.90 Å². The van der Waals surface area contributed by atoms with Gasteiger partial charge in [-0.25, -0.2) is 17.2 Å². The first-order chi connectivity index (χ1) is 8.43. The van der Waals surface area contributed by atoms with Crippen LogP contribution < -0.4 is 0 Å². The molecule has 3 nitrogen and oxygen atoms in total. The van der Waals surface area contributed by atoms with Crippen LogP contribution in [-0.4, -0.2) is 25.8 Å². The largest absolute Gasteiger partial charge is 0.243 e. The Bertz CT molecular complexity index is 497. The molecule has 0 N–H and O–H groups in total. The van der Waals surface area contributed by atoms with Crippen LogP contribution in [0.1, 0.15) is 26.7 Å². The molecule has 0 aliphatic heterocycles. The Kier molecular flexibility index (Phi) is 5.22. The highest BCUT2D eigenvalue weighted by molar-refractivity contribution is 7.89. The molecule has 1 aromatic rings. The summed E-state index contributed by atoms with van der Waals surface area (Å²) in [5.41, 5.74) is 0. The van der Waals surface area contributed by atoms with Crippen LogP contribution in [0.25, 0.3) is 0 Å². The number of benzene rings is 1. The van der Waals surface area contributed by atoms with Gasteiger partial charge in [0.15, 0.2) is 11.6 Å². The van der Waals surface area contributed by atoms with Gasteiger partial charge in [-0.05, 0) is 31.0 Å². The zero-order chi connectivity index (χ0) is 13.8. The molecule has 0 saturated carbocycles. The molecule has 0 unspecified atom stereocenters. The summed E-state index contributed by atoms with van der Waals surface area (Å²) < 4.78 is 51.6. The normalized spacial score (nSPS) is 12.1. The van der Waals surface area contributed by atoms with Crippen molar-refractivity contribution in [3.05, 3.63) is 29.8 Å². The number of sulfonamides is 1. The van der Waals surface area contributed by atoms with Gasteiger partial charge in [0, 0.05) is 13.1 Å². The Labute approximate surface area is 106 Å². The second kappa shape index (κ2) is 6.24. The Balaban J connectivity index is 3.13. The molecule has 102 valence electrons. The predicted octanol–water partition coefficient (Wildman–Crippen LogP) is 2.78. The van der Waals surface area contributed by atoms with Crippen LogP contribution >= 0.6 is 0 Å². The van der Waals surface area contributed by atoms with Gasteiger partial charge in [0.25, 0.3) is 0 Å². The second-order valence-corrected chi connectivity index (χ2v) is 5.92. The van der Waals surface area contributed by atoms with Gasteiger partial charge in [-0.15, -0.1) is 0 Å². The van der Waals surface area contributed by atoms with E-state index in [0.29, 0.717) is 25.9 Å². The first kappa shape index (κ1) is 15.0. The highest BCUT2D eigenvalue weighted by atomic mass is 32.2. The third-order valence-corrected chi connectivity index (χ3v) is 4.37. The fourth-order valence-electron chi connectivity index (χ4n) is 1.64. The molecular formula is C12H17F2NO2S. The van der Waals surface area contributed by atoms with E-state index >= 15 is 0 Å². The monoisotopic (exact) mass is 277 g/mol. The molecule has 0 aromatic heterocycles. The van der Waals surface area contributed by atoms with Crippen molar-refractivity contribution in [3.63, 3.8) is 0 Å². The molecule has 0 saturated heterocycles. The van der Waals surface area contributed by atoms with Crippen molar-refractivity contribution < 1.29 is 17.2 Å². The Hall–Kier alpha value is -1.01. The van der Waals surface area contributed by atoms with Crippen LogP contribution in [0.5, 0.6) is 0 Å². The SMILES string of the molecule is CCCN(CCC)S(=O)(=O)c1ccc(F)c(F)c1. The van der Waals surface area contributed by atoms with Crippen LogP contribution in [0.2, 0.25) is 0 Å². The minimum atomic E-state index is -3.74. The molecule has 0 atom stereocenters. The molecule has 18 heavy (non-hydrogen) atoms. The number of nitrogens with zero attached hydrogens (tertiary/aromatic N) is 1. The average molecular weight is 277 g/mol. The topological polar surface area (TPSA) is 37.4 Å². The maximum absolute atomic E-state index is 13.1. The number of hydrogen-bond donors (Lipinski definition) is 0. The van der Waals surface area contributed by atoms with Crippen LogP contribution in [0, 0.1) is 11.6 Å². The summed E-state index contributed by atoms with van der Waals surface area (Å²) >= 11 is 0. The molecule has 0 spiro atoms. The standard InChI is InChI=1S/C12H17F2NO2S/c1-3-7-15(8-4-2)18(16,17)10-5-6-11(13)12(14)9-10/h5-6,9H,3-4,7-8H2,1-2H3. The fourth-order valence-corrected chi connectivity index (χ4v) is 3.27. The van der Waals surface area contributed by atoms with Gasteiger partial charge in [0.1, 0.15) is 0 Å². The zero-order valence-corrected chi connectivity index (χ0v) is 11.3. The maximum atomic E-state index is 13.1. The maximum Gasteiger partial charge on any atom is 0.243 e. The van der Waals surface area contributed by atoms with Gasteiger partial charge in [-0.3, -0.25) is 0 Å². The van der Waals surface area contributed by atoms with Crippen molar-refractivity contribution in [1.82, 2.24) is 4.31 Å². The van der Waals surface area contributed by atoms with Crippen molar-refractivity contribution in [3.8, 4) is 0 Å². The van der Waals surface area contributed by atoms with Crippen LogP contribution in [0.15, 0.2) is 23.1 Å². The van der Waals surface area contributed by atoms with Gasteiger partial charge >= 0.3 is 0 Å². The smallest absolute Gasteiger partial charge is 0.207 e. The lowest BCUT2D eigenvalue weighted by Crippen LogP contribution is -2.32. The van der Waals surface area contributed by atoms with E-state index in [9.17, 15) is 17.2 Å². The first-order valence-corrected chi connectivity index (χ1v) is 7.32. The lowest BCUT2D eigenvalue weighted by atomic mass is 10.3. The molecule has 0 fully saturated rings. The fraction of sp³-hybridized carbons (Fsp3) is 0.500. The van der Waals surface area contributed by atoms with E-state index in [4.69, 9.17) is 0 Å². The first-order valence-electron chi connectivity index (χ1n) is 5.88. The summed E-state index contributed by atoms with van der Waals surface area (Å²) in [6, 6.07) is 2.65. The van der Waals surface area contributed by atoms with Crippen LogP contribution in [0.3, 0.4) is 0 Å². The van der Waals surface area contributed by atoms with Crippen molar-refractivity contribution >= 4 is 10.0 Å². The van der Waals surface area contributed by atoms with Gasteiger partial charge < -0.3 is 0 Å². The molecule has 1 aromatic carbocycles. The molecular weight excluding hydrogens is 260 g/mol. The summed E-state index contributed by atoms with van der Waals surface area (Å²) in [5.74, 6) is -2.20. The minimum absolute atomic E-state index is 0.205. The third kappa shape index (κ3) is 3.26. The average Bonchev–Trinajstić information content (AvgIpc) is 2.32. The molecule has 0 radical (unpaired) electrons. The molecule has 1 rings (SSSR count). The molecule has 0 amide bonds. The van der Waals surface area contributed by atoms with Crippen molar-refractivity contribution in [2.75, 3.05) is 13.1 Å². The van der Waals surface area contributed by atoms with Gasteiger partial charge in [-0.2, -0.15) is 4.31 Å². The number of hydrogen-bond acceptors (Lipinski definition) is 2. The van der Waals surface area contributed by atoms with Gasteiger partial charge in [-0.1, -0.05) is 13.8 Å². The summed E-state index contributed by atoms with van der Waals surface area (Å²) in [5, 5.41) is 0. The lowest BCUT2D eigenvalue weighted by molar-refractivity contribution is 0.409. The lowest BCUT2D eigenvalue weighted by Gasteiger charge is -2.20. The van der Waals surface area contributed by atoms with Crippen LogP contribution in [-0.2, 0) is 10.0 Å². The number of rotatable bonds is 6.